The lowest BCUT2D eigenvalue weighted by atomic mass is 10.00. The molecule has 2 aromatic rings. The zero-order valence-electron chi connectivity index (χ0n) is 11.9. The molecule has 3 rings (SSSR count). The summed E-state index contributed by atoms with van der Waals surface area (Å²) < 4.78 is 0. The van der Waals surface area contributed by atoms with Gasteiger partial charge >= 0.3 is 0 Å². The smallest absolute Gasteiger partial charge is 0.139 e. The number of rotatable bonds is 4. The highest BCUT2D eigenvalue weighted by atomic mass is 32.2. The number of thioether (sulfide) groups is 1. The average molecular weight is 288 g/mol. The third kappa shape index (κ3) is 2.60. The Morgan fingerprint density at radius 3 is 2.85 bits per heavy atom. The standard InChI is InChI=1S/C15H20N4S/c1-10(2)20-12-3-4-13-14(5-12)17-9-18-15(13)19-7-11(6-16)8-19/h3-5,9-11H,6-8,16H2,1-2H3. The molecule has 1 aromatic heterocycles. The first-order valence-electron chi connectivity index (χ1n) is 7.04. The molecular weight excluding hydrogens is 268 g/mol. The SMILES string of the molecule is CC(C)Sc1ccc2c(N3CC(CN)C3)ncnc2c1. The second kappa shape index (κ2) is 5.58. The monoisotopic (exact) mass is 288 g/mol. The molecule has 1 aliphatic rings. The van der Waals surface area contributed by atoms with Crippen LogP contribution in [0.1, 0.15) is 13.8 Å². The van der Waals surface area contributed by atoms with Gasteiger partial charge in [-0.2, -0.15) is 0 Å². The van der Waals surface area contributed by atoms with Gasteiger partial charge in [-0.05, 0) is 24.7 Å². The van der Waals surface area contributed by atoms with Crippen LogP contribution in [0.25, 0.3) is 10.9 Å². The van der Waals surface area contributed by atoms with Crippen LogP contribution in [-0.2, 0) is 0 Å². The summed E-state index contributed by atoms with van der Waals surface area (Å²) in [6.45, 7) is 7.17. The van der Waals surface area contributed by atoms with Crippen molar-refractivity contribution in [1.82, 2.24) is 9.97 Å². The molecule has 1 aromatic carbocycles. The maximum absolute atomic E-state index is 5.69. The number of hydrogen-bond acceptors (Lipinski definition) is 5. The fourth-order valence-corrected chi connectivity index (χ4v) is 3.38. The van der Waals surface area contributed by atoms with Gasteiger partial charge < -0.3 is 10.6 Å². The Balaban J connectivity index is 1.91. The summed E-state index contributed by atoms with van der Waals surface area (Å²) in [5.74, 6) is 1.65. The molecule has 0 spiro atoms. The van der Waals surface area contributed by atoms with Crippen molar-refractivity contribution in [3.8, 4) is 0 Å². The van der Waals surface area contributed by atoms with Crippen molar-refractivity contribution in [1.29, 1.82) is 0 Å². The molecule has 0 saturated carbocycles. The Labute approximate surface area is 123 Å². The molecule has 20 heavy (non-hydrogen) atoms. The number of nitrogens with zero attached hydrogens (tertiary/aromatic N) is 3. The van der Waals surface area contributed by atoms with Crippen LogP contribution >= 0.6 is 11.8 Å². The highest BCUT2D eigenvalue weighted by Crippen LogP contribution is 2.31. The van der Waals surface area contributed by atoms with Crippen LogP contribution in [0.2, 0.25) is 0 Å². The summed E-state index contributed by atoms with van der Waals surface area (Å²) in [7, 11) is 0. The van der Waals surface area contributed by atoms with Gasteiger partial charge in [-0.1, -0.05) is 13.8 Å². The summed E-state index contributed by atoms with van der Waals surface area (Å²) in [5.41, 5.74) is 6.72. The minimum Gasteiger partial charge on any atom is -0.355 e. The average Bonchev–Trinajstić information content (AvgIpc) is 2.36. The number of fused-ring (bicyclic) bond motifs is 1. The van der Waals surface area contributed by atoms with Crippen LogP contribution in [0.15, 0.2) is 29.4 Å². The molecular formula is C15H20N4S. The third-order valence-corrected chi connectivity index (χ3v) is 4.55. The fraction of sp³-hybridized carbons (Fsp3) is 0.467. The molecule has 0 unspecified atom stereocenters. The molecule has 2 heterocycles. The van der Waals surface area contributed by atoms with E-state index in [0.29, 0.717) is 11.2 Å². The van der Waals surface area contributed by atoms with Crippen molar-refractivity contribution in [2.45, 2.75) is 24.0 Å². The minimum absolute atomic E-state index is 0.578. The van der Waals surface area contributed by atoms with Gasteiger partial charge in [0.05, 0.1) is 5.52 Å². The van der Waals surface area contributed by atoms with E-state index in [0.717, 1.165) is 36.4 Å². The van der Waals surface area contributed by atoms with E-state index >= 15 is 0 Å². The molecule has 2 N–H and O–H groups in total. The Morgan fingerprint density at radius 2 is 2.15 bits per heavy atom. The molecule has 0 aliphatic carbocycles. The number of nitrogens with two attached hydrogens (primary N) is 1. The lowest BCUT2D eigenvalue weighted by molar-refractivity contribution is 0.418. The van der Waals surface area contributed by atoms with Crippen LogP contribution in [0.3, 0.4) is 0 Å². The van der Waals surface area contributed by atoms with Crippen LogP contribution < -0.4 is 10.6 Å². The number of anilines is 1. The number of benzene rings is 1. The molecule has 0 amide bonds. The third-order valence-electron chi connectivity index (χ3n) is 3.55. The van der Waals surface area contributed by atoms with Crippen molar-refractivity contribution in [2.24, 2.45) is 11.7 Å². The molecule has 0 bridgehead atoms. The largest absolute Gasteiger partial charge is 0.355 e. The van der Waals surface area contributed by atoms with Gasteiger partial charge in [0.15, 0.2) is 0 Å². The van der Waals surface area contributed by atoms with E-state index < -0.39 is 0 Å². The Bertz CT molecular complexity index is 608. The predicted molar refractivity (Wildman–Crippen MR) is 85.3 cm³/mol. The van der Waals surface area contributed by atoms with Gasteiger partial charge in [-0.25, -0.2) is 9.97 Å². The fourth-order valence-electron chi connectivity index (χ4n) is 2.51. The Hall–Kier alpha value is -1.33. The summed E-state index contributed by atoms with van der Waals surface area (Å²) in [6, 6.07) is 6.47. The summed E-state index contributed by atoms with van der Waals surface area (Å²) in [6.07, 6.45) is 1.66. The van der Waals surface area contributed by atoms with Crippen LogP contribution in [0.5, 0.6) is 0 Å². The van der Waals surface area contributed by atoms with Crippen molar-refractivity contribution in [2.75, 3.05) is 24.5 Å². The molecule has 5 heteroatoms. The van der Waals surface area contributed by atoms with Gasteiger partial charge in [-0.3, -0.25) is 0 Å². The van der Waals surface area contributed by atoms with Crippen LogP contribution in [0, 0.1) is 5.92 Å². The summed E-state index contributed by atoms with van der Waals surface area (Å²) in [4.78, 5) is 12.4. The van der Waals surface area contributed by atoms with Crippen molar-refractivity contribution in [3.05, 3.63) is 24.5 Å². The van der Waals surface area contributed by atoms with Gasteiger partial charge in [0.1, 0.15) is 12.1 Å². The summed E-state index contributed by atoms with van der Waals surface area (Å²) in [5, 5.41) is 1.71. The van der Waals surface area contributed by atoms with E-state index in [1.54, 1.807) is 6.33 Å². The Morgan fingerprint density at radius 1 is 1.35 bits per heavy atom. The van der Waals surface area contributed by atoms with Crippen molar-refractivity contribution < 1.29 is 0 Å². The first-order chi connectivity index (χ1) is 9.67. The zero-order chi connectivity index (χ0) is 14.1. The van der Waals surface area contributed by atoms with E-state index in [1.165, 1.54) is 4.90 Å². The van der Waals surface area contributed by atoms with Crippen LogP contribution in [-0.4, -0.2) is 34.9 Å². The predicted octanol–water partition coefficient (Wildman–Crippen LogP) is 2.53. The van der Waals surface area contributed by atoms with E-state index in [2.05, 4.69) is 46.9 Å². The maximum Gasteiger partial charge on any atom is 0.139 e. The molecule has 1 fully saturated rings. The molecule has 0 radical (unpaired) electrons. The quantitative estimate of drug-likeness (QED) is 0.876. The van der Waals surface area contributed by atoms with Gasteiger partial charge in [0.2, 0.25) is 0 Å². The van der Waals surface area contributed by atoms with E-state index in [-0.39, 0.29) is 0 Å². The molecule has 1 saturated heterocycles. The highest BCUT2D eigenvalue weighted by Gasteiger charge is 2.27. The topological polar surface area (TPSA) is 55.0 Å². The molecule has 106 valence electrons. The van der Waals surface area contributed by atoms with Gasteiger partial charge in [-0.15, -0.1) is 11.8 Å². The minimum atomic E-state index is 0.578. The second-order valence-electron chi connectivity index (χ2n) is 5.55. The van der Waals surface area contributed by atoms with Crippen molar-refractivity contribution in [3.63, 3.8) is 0 Å². The first-order valence-corrected chi connectivity index (χ1v) is 7.91. The number of aromatic nitrogens is 2. The van der Waals surface area contributed by atoms with Crippen molar-refractivity contribution >= 4 is 28.5 Å². The van der Waals surface area contributed by atoms with E-state index in [9.17, 15) is 0 Å². The Kier molecular flexibility index (Phi) is 3.81. The molecule has 1 aliphatic heterocycles. The number of hydrogen-bond donors (Lipinski definition) is 1. The normalized spacial score (nSPS) is 15.9. The van der Waals surface area contributed by atoms with E-state index in [4.69, 9.17) is 5.73 Å². The highest BCUT2D eigenvalue weighted by molar-refractivity contribution is 7.99. The molecule has 0 atom stereocenters. The zero-order valence-corrected chi connectivity index (χ0v) is 12.7. The second-order valence-corrected chi connectivity index (χ2v) is 7.20. The lowest BCUT2D eigenvalue weighted by Crippen LogP contribution is -2.50. The molecule has 4 nitrogen and oxygen atoms in total. The lowest BCUT2D eigenvalue weighted by Gasteiger charge is -2.39. The van der Waals surface area contributed by atoms with Gasteiger partial charge in [0.25, 0.3) is 0 Å². The van der Waals surface area contributed by atoms with Crippen LogP contribution in [0.4, 0.5) is 5.82 Å². The summed E-state index contributed by atoms with van der Waals surface area (Å²) >= 11 is 1.86. The first kappa shape index (κ1) is 13.6. The van der Waals surface area contributed by atoms with Gasteiger partial charge in [0, 0.05) is 34.5 Å². The maximum atomic E-state index is 5.69. The van der Waals surface area contributed by atoms with E-state index in [1.807, 2.05) is 11.8 Å².